The minimum Gasteiger partial charge on any atom is -0.480 e. The van der Waals surface area contributed by atoms with Gasteiger partial charge in [-0.15, -0.1) is 0 Å². The molecule has 0 saturated heterocycles. The van der Waals surface area contributed by atoms with Crippen molar-refractivity contribution < 1.29 is 14.7 Å². The summed E-state index contributed by atoms with van der Waals surface area (Å²) in [6, 6.07) is -1.28. The van der Waals surface area contributed by atoms with Crippen LogP contribution >= 0.6 is 0 Å². The van der Waals surface area contributed by atoms with Crippen molar-refractivity contribution in [2.75, 3.05) is 6.54 Å². The fourth-order valence-electron chi connectivity index (χ4n) is 2.71. The summed E-state index contributed by atoms with van der Waals surface area (Å²) >= 11 is 0. The molecule has 1 aliphatic carbocycles. The van der Waals surface area contributed by atoms with Crippen LogP contribution in [0.1, 0.15) is 59.8 Å². The summed E-state index contributed by atoms with van der Waals surface area (Å²) in [6.45, 7) is 8.19. The van der Waals surface area contributed by atoms with Crippen molar-refractivity contribution in [2.45, 2.75) is 65.8 Å². The van der Waals surface area contributed by atoms with E-state index in [0.29, 0.717) is 6.54 Å². The van der Waals surface area contributed by atoms with Crippen molar-refractivity contribution >= 4 is 12.0 Å². The number of hydrogen-bond donors (Lipinski definition) is 3. The Hall–Kier alpha value is -1.26. The van der Waals surface area contributed by atoms with Gasteiger partial charge in [0.2, 0.25) is 0 Å². The molecule has 116 valence electrons. The highest BCUT2D eigenvalue weighted by molar-refractivity contribution is 5.83. The van der Waals surface area contributed by atoms with Gasteiger partial charge in [-0.3, -0.25) is 0 Å². The lowest BCUT2D eigenvalue weighted by Crippen LogP contribution is -2.53. The fourth-order valence-corrected chi connectivity index (χ4v) is 2.71. The van der Waals surface area contributed by atoms with Crippen LogP contribution in [0.15, 0.2) is 0 Å². The molecule has 0 radical (unpaired) electrons. The summed E-state index contributed by atoms with van der Waals surface area (Å²) in [5.41, 5.74) is -0.367. The minimum absolute atomic E-state index is 0.149. The number of urea groups is 1. The van der Waals surface area contributed by atoms with E-state index in [9.17, 15) is 14.7 Å². The molecule has 1 rings (SSSR count). The first-order valence-electron chi connectivity index (χ1n) is 7.41. The normalized spacial score (nSPS) is 20.0. The standard InChI is InChI=1S/C15H28N2O3/c1-14(2,3)11(12(18)19)17-13(20)16-10-15(4)8-6-5-7-9-15/h11H,5-10H2,1-4H3,(H,18,19)(H2,16,17,20)/t11-/m0/s1. The number of amides is 2. The molecule has 1 fully saturated rings. The van der Waals surface area contributed by atoms with Gasteiger partial charge in [0.1, 0.15) is 6.04 Å². The molecular formula is C15H28N2O3. The van der Waals surface area contributed by atoms with E-state index in [-0.39, 0.29) is 11.4 Å². The maximum atomic E-state index is 11.9. The predicted molar refractivity (Wildman–Crippen MR) is 78.6 cm³/mol. The number of carboxylic acid groups (broad SMARTS) is 1. The van der Waals surface area contributed by atoms with E-state index in [2.05, 4.69) is 17.6 Å². The molecule has 0 spiro atoms. The van der Waals surface area contributed by atoms with Gasteiger partial charge < -0.3 is 15.7 Å². The molecule has 0 heterocycles. The second-order valence-electron chi connectivity index (χ2n) is 7.34. The van der Waals surface area contributed by atoms with Gasteiger partial charge in [0.25, 0.3) is 0 Å². The van der Waals surface area contributed by atoms with Crippen molar-refractivity contribution in [3.05, 3.63) is 0 Å². The van der Waals surface area contributed by atoms with Crippen LogP contribution in [0.2, 0.25) is 0 Å². The molecule has 5 nitrogen and oxygen atoms in total. The summed E-state index contributed by atoms with van der Waals surface area (Å²) in [5, 5.41) is 14.6. The molecule has 5 heteroatoms. The Morgan fingerprint density at radius 3 is 2.20 bits per heavy atom. The summed E-state index contributed by atoms with van der Waals surface area (Å²) in [6.07, 6.45) is 5.93. The third kappa shape index (κ3) is 5.02. The third-order valence-electron chi connectivity index (χ3n) is 4.12. The van der Waals surface area contributed by atoms with Crippen molar-refractivity contribution in [3.8, 4) is 0 Å². The van der Waals surface area contributed by atoms with Gasteiger partial charge in [-0.05, 0) is 23.7 Å². The van der Waals surface area contributed by atoms with Gasteiger partial charge in [0, 0.05) is 6.54 Å². The highest BCUT2D eigenvalue weighted by Crippen LogP contribution is 2.34. The Morgan fingerprint density at radius 1 is 1.20 bits per heavy atom. The van der Waals surface area contributed by atoms with Gasteiger partial charge in [-0.2, -0.15) is 0 Å². The Kier molecular flexibility index (Phi) is 5.42. The smallest absolute Gasteiger partial charge is 0.326 e. The quantitative estimate of drug-likeness (QED) is 0.742. The number of carbonyl (C=O) groups excluding carboxylic acids is 1. The van der Waals surface area contributed by atoms with Crippen LogP contribution in [0, 0.1) is 10.8 Å². The second kappa shape index (κ2) is 6.46. The van der Waals surface area contributed by atoms with E-state index in [0.717, 1.165) is 12.8 Å². The van der Waals surface area contributed by atoms with Crippen molar-refractivity contribution in [2.24, 2.45) is 10.8 Å². The largest absolute Gasteiger partial charge is 0.480 e. The number of carbonyl (C=O) groups is 2. The molecule has 0 aromatic rings. The van der Waals surface area contributed by atoms with E-state index < -0.39 is 17.4 Å². The topological polar surface area (TPSA) is 78.4 Å². The Balaban J connectivity index is 2.48. The zero-order chi connectivity index (χ0) is 15.4. The Bertz CT molecular complexity index is 355. The maximum Gasteiger partial charge on any atom is 0.326 e. The molecule has 1 saturated carbocycles. The monoisotopic (exact) mass is 284 g/mol. The first-order valence-corrected chi connectivity index (χ1v) is 7.41. The Morgan fingerprint density at radius 2 is 1.75 bits per heavy atom. The zero-order valence-electron chi connectivity index (χ0n) is 13.1. The number of aliphatic carboxylic acids is 1. The molecule has 0 unspecified atom stereocenters. The number of nitrogens with one attached hydrogen (secondary N) is 2. The van der Waals surface area contributed by atoms with E-state index in [1.54, 1.807) is 20.8 Å². The van der Waals surface area contributed by atoms with Gasteiger partial charge in [-0.1, -0.05) is 47.0 Å². The number of hydrogen-bond acceptors (Lipinski definition) is 2. The summed E-state index contributed by atoms with van der Waals surface area (Å²) in [7, 11) is 0. The minimum atomic E-state index is -1.00. The van der Waals surface area contributed by atoms with Crippen molar-refractivity contribution in [1.29, 1.82) is 0 Å². The van der Waals surface area contributed by atoms with Crippen LogP contribution in [0.4, 0.5) is 4.79 Å². The third-order valence-corrected chi connectivity index (χ3v) is 4.12. The van der Waals surface area contributed by atoms with Gasteiger partial charge in [0.05, 0.1) is 0 Å². The van der Waals surface area contributed by atoms with E-state index in [1.807, 2.05) is 0 Å². The van der Waals surface area contributed by atoms with Gasteiger partial charge in [0.15, 0.2) is 0 Å². The summed E-state index contributed by atoms with van der Waals surface area (Å²) in [4.78, 5) is 23.1. The molecule has 1 atom stereocenters. The van der Waals surface area contributed by atoms with Crippen LogP contribution in [0.25, 0.3) is 0 Å². The molecule has 2 amide bonds. The van der Waals surface area contributed by atoms with Gasteiger partial charge in [-0.25, -0.2) is 9.59 Å². The molecule has 0 aromatic carbocycles. The molecule has 0 aliphatic heterocycles. The zero-order valence-corrected chi connectivity index (χ0v) is 13.1. The van der Waals surface area contributed by atoms with E-state index in [1.165, 1.54) is 19.3 Å². The second-order valence-corrected chi connectivity index (χ2v) is 7.34. The lowest BCUT2D eigenvalue weighted by molar-refractivity contribution is -0.141. The molecular weight excluding hydrogens is 256 g/mol. The number of rotatable bonds is 4. The number of carboxylic acids is 1. The molecule has 1 aliphatic rings. The average Bonchev–Trinajstić information content (AvgIpc) is 2.33. The fraction of sp³-hybridized carbons (Fsp3) is 0.867. The van der Waals surface area contributed by atoms with Crippen LogP contribution < -0.4 is 10.6 Å². The first kappa shape index (κ1) is 16.8. The van der Waals surface area contributed by atoms with Crippen LogP contribution in [-0.2, 0) is 4.79 Å². The summed E-state index contributed by atoms with van der Waals surface area (Å²) < 4.78 is 0. The van der Waals surface area contributed by atoms with Gasteiger partial charge >= 0.3 is 12.0 Å². The Labute approximate surface area is 121 Å². The van der Waals surface area contributed by atoms with Crippen LogP contribution in [0.5, 0.6) is 0 Å². The van der Waals surface area contributed by atoms with Crippen LogP contribution in [0.3, 0.4) is 0 Å². The molecule has 0 aromatic heterocycles. The van der Waals surface area contributed by atoms with Crippen molar-refractivity contribution in [1.82, 2.24) is 10.6 Å². The molecule has 3 N–H and O–H groups in total. The highest BCUT2D eigenvalue weighted by atomic mass is 16.4. The lowest BCUT2D eigenvalue weighted by atomic mass is 9.76. The average molecular weight is 284 g/mol. The first-order chi connectivity index (χ1) is 9.14. The maximum absolute atomic E-state index is 11.9. The van der Waals surface area contributed by atoms with Crippen molar-refractivity contribution in [3.63, 3.8) is 0 Å². The van der Waals surface area contributed by atoms with Crippen LogP contribution in [-0.4, -0.2) is 29.7 Å². The van der Waals surface area contributed by atoms with E-state index >= 15 is 0 Å². The van der Waals surface area contributed by atoms with E-state index in [4.69, 9.17) is 0 Å². The molecule has 20 heavy (non-hydrogen) atoms. The molecule has 0 bridgehead atoms. The predicted octanol–water partition coefficient (Wildman–Crippen LogP) is 2.76. The summed E-state index contributed by atoms with van der Waals surface area (Å²) in [5.74, 6) is -1.00. The lowest BCUT2D eigenvalue weighted by Gasteiger charge is -2.34. The SMILES string of the molecule is CC1(CNC(=O)N[C@@H](C(=O)O)C(C)(C)C)CCCCC1. The highest BCUT2D eigenvalue weighted by Gasteiger charge is 2.33.